The molecule has 4 rings (SSSR count). The van der Waals surface area contributed by atoms with Crippen LogP contribution in [0.2, 0.25) is 0 Å². The molecule has 0 aromatic carbocycles. The third kappa shape index (κ3) is 3.13. The molecule has 0 aliphatic carbocycles. The van der Waals surface area contributed by atoms with Gasteiger partial charge in [-0.25, -0.2) is 9.97 Å². The summed E-state index contributed by atoms with van der Waals surface area (Å²) >= 11 is 1.55. The van der Waals surface area contributed by atoms with E-state index >= 15 is 0 Å². The Balaban J connectivity index is 1.64. The first-order chi connectivity index (χ1) is 12.8. The van der Waals surface area contributed by atoms with Crippen LogP contribution in [-0.4, -0.2) is 44.9 Å². The number of rotatable bonds is 4. The fraction of sp³-hybridized carbons (Fsp3) is 0.333. The van der Waals surface area contributed by atoms with Gasteiger partial charge in [0.2, 0.25) is 5.91 Å². The van der Waals surface area contributed by atoms with Gasteiger partial charge in [0.25, 0.3) is 0 Å². The summed E-state index contributed by atoms with van der Waals surface area (Å²) in [4.78, 5) is 25.9. The van der Waals surface area contributed by atoms with E-state index in [1.807, 2.05) is 35.4 Å². The lowest BCUT2D eigenvalue weighted by Crippen LogP contribution is -2.45. The lowest BCUT2D eigenvalue weighted by molar-refractivity contribution is -0.131. The van der Waals surface area contributed by atoms with Gasteiger partial charge in [-0.15, -0.1) is 11.3 Å². The Hall–Kier alpha value is -2.92. The maximum absolute atomic E-state index is 12.1. The van der Waals surface area contributed by atoms with E-state index in [1.54, 1.807) is 16.2 Å². The number of aromatic amines is 1. The van der Waals surface area contributed by atoms with E-state index in [4.69, 9.17) is 5.26 Å². The minimum absolute atomic E-state index is 0.0614. The summed E-state index contributed by atoms with van der Waals surface area (Å²) in [7, 11) is 0. The normalized spacial score (nSPS) is 17.2. The number of carbonyl (C=O) groups is 1. The van der Waals surface area contributed by atoms with Crippen molar-refractivity contribution in [2.24, 2.45) is 0 Å². The smallest absolute Gasteiger partial charge is 0.236 e. The molecular formula is C18H18N6OS. The lowest BCUT2D eigenvalue weighted by Gasteiger charge is -2.33. The van der Waals surface area contributed by atoms with Crippen LogP contribution < -0.4 is 5.32 Å². The van der Waals surface area contributed by atoms with Crippen molar-refractivity contribution in [3.63, 3.8) is 0 Å². The molecule has 132 valence electrons. The average Bonchev–Trinajstić information content (AvgIpc) is 3.34. The fourth-order valence-corrected chi connectivity index (χ4v) is 3.96. The van der Waals surface area contributed by atoms with E-state index in [9.17, 15) is 4.79 Å². The number of anilines is 1. The second kappa shape index (κ2) is 7.14. The lowest BCUT2D eigenvalue weighted by atomic mass is 10.0. The van der Waals surface area contributed by atoms with E-state index in [-0.39, 0.29) is 18.4 Å². The summed E-state index contributed by atoms with van der Waals surface area (Å²) in [5.74, 6) is -0.0970. The van der Waals surface area contributed by atoms with Crippen molar-refractivity contribution in [3.05, 3.63) is 29.4 Å². The summed E-state index contributed by atoms with van der Waals surface area (Å²) in [5.41, 5.74) is 5.46. The first-order valence-corrected chi connectivity index (χ1v) is 9.46. The third-order valence-electron chi connectivity index (χ3n) is 4.65. The highest BCUT2D eigenvalue weighted by atomic mass is 32.1. The zero-order chi connectivity index (χ0) is 17.9. The molecular weight excluding hydrogens is 348 g/mol. The number of hydrogen-bond donors (Lipinski definition) is 2. The van der Waals surface area contributed by atoms with Gasteiger partial charge in [-0.3, -0.25) is 4.79 Å². The quantitative estimate of drug-likeness (QED) is 0.740. The average molecular weight is 366 g/mol. The predicted molar refractivity (Wildman–Crippen MR) is 101 cm³/mol. The molecule has 8 heteroatoms. The Morgan fingerprint density at radius 3 is 3.23 bits per heavy atom. The largest absolute Gasteiger partial charge is 0.379 e. The molecule has 0 radical (unpaired) electrons. The van der Waals surface area contributed by atoms with E-state index < -0.39 is 0 Å². The third-order valence-corrected chi connectivity index (χ3v) is 5.23. The van der Waals surface area contributed by atoms with Crippen LogP contribution in [0.4, 0.5) is 5.69 Å². The van der Waals surface area contributed by atoms with Gasteiger partial charge in [-0.05, 0) is 18.9 Å². The number of piperidine rings is 1. The van der Waals surface area contributed by atoms with Crippen molar-refractivity contribution in [1.82, 2.24) is 19.9 Å². The Morgan fingerprint density at radius 2 is 2.42 bits per heavy atom. The minimum Gasteiger partial charge on any atom is -0.379 e. The van der Waals surface area contributed by atoms with Crippen LogP contribution >= 0.6 is 11.3 Å². The minimum atomic E-state index is -0.0970. The molecule has 2 N–H and O–H groups in total. The summed E-state index contributed by atoms with van der Waals surface area (Å²) in [6, 6.07) is 4.08. The highest BCUT2D eigenvalue weighted by molar-refractivity contribution is 7.07. The number of carbonyl (C=O) groups excluding carboxylic acids is 1. The van der Waals surface area contributed by atoms with Gasteiger partial charge in [-0.1, -0.05) is 0 Å². The molecule has 1 aliphatic rings. The highest BCUT2D eigenvalue weighted by Gasteiger charge is 2.25. The van der Waals surface area contributed by atoms with Gasteiger partial charge >= 0.3 is 0 Å². The van der Waals surface area contributed by atoms with E-state index in [0.29, 0.717) is 13.1 Å². The van der Waals surface area contributed by atoms with Crippen LogP contribution in [0.25, 0.3) is 22.3 Å². The molecule has 1 saturated heterocycles. The summed E-state index contributed by atoms with van der Waals surface area (Å²) < 4.78 is 0. The van der Waals surface area contributed by atoms with Crippen molar-refractivity contribution in [3.8, 4) is 17.3 Å². The van der Waals surface area contributed by atoms with E-state index in [0.717, 1.165) is 40.8 Å². The van der Waals surface area contributed by atoms with Crippen molar-refractivity contribution < 1.29 is 4.79 Å². The van der Waals surface area contributed by atoms with Crippen molar-refractivity contribution in [2.75, 3.05) is 18.4 Å². The van der Waals surface area contributed by atoms with Crippen molar-refractivity contribution in [2.45, 2.75) is 25.3 Å². The maximum Gasteiger partial charge on any atom is 0.236 e. The molecule has 3 aromatic heterocycles. The SMILES string of the molecule is N#CCC(=O)N1CCC[C@@H](Nc2c(-c3cscn3)cnc3[nH]ccc23)C1. The number of amides is 1. The number of likely N-dealkylation sites (tertiary alicyclic amines) is 1. The fourth-order valence-electron chi connectivity index (χ4n) is 3.41. The number of thiazole rings is 1. The number of fused-ring (bicyclic) bond motifs is 1. The molecule has 4 heterocycles. The number of nitrogens with one attached hydrogen (secondary N) is 2. The Kier molecular flexibility index (Phi) is 4.54. The van der Waals surface area contributed by atoms with Crippen molar-refractivity contribution >= 4 is 34.0 Å². The number of nitrogens with zero attached hydrogens (tertiary/aromatic N) is 4. The highest BCUT2D eigenvalue weighted by Crippen LogP contribution is 2.34. The molecule has 1 fully saturated rings. The second-order valence-electron chi connectivity index (χ2n) is 6.32. The van der Waals surface area contributed by atoms with Crippen LogP contribution in [0.5, 0.6) is 0 Å². The molecule has 7 nitrogen and oxygen atoms in total. The molecule has 0 bridgehead atoms. The first-order valence-electron chi connectivity index (χ1n) is 8.52. The summed E-state index contributed by atoms with van der Waals surface area (Å²) in [6.45, 7) is 1.32. The molecule has 26 heavy (non-hydrogen) atoms. The molecule has 0 spiro atoms. The van der Waals surface area contributed by atoms with Gasteiger partial charge in [0, 0.05) is 47.9 Å². The van der Waals surface area contributed by atoms with Gasteiger partial charge in [0.15, 0.2) is 0 Å². The Labute approximate surface area is 154 Å². The maximum atomic E-state index is 12.1. The molecule has 3 aromatic rings. The van der Waals surface area contributed by atoms with Gasteiger partial charge < -0.3 is 15.2 Å². The number of hydrogen-bond acceptors (Lipinski definition) is 6. The van der Waals surface area contributed by atoms with Gasteiger partial charge in [-0.2, -0.15) is 5.26 Å². The van der Waals surface area contributed by atoms with Gasteiger partial charge in [0.05, 0.1) is 23.0 Å². The number of nitriles is 1. The van der Waals surface area contributed by atoms with Crippen molar-refractivity contribution in [1.29, 1.82) is 5.26 Å². The summed E-state index contributed by atoms with van der Waals surface area (Å²) in [6.07, 6.45) is 5.53. The zero-order valence-electron chi connectivity index (χ0n) is 14.1. The first kappa shape index (κ1) is 16.5. The number of H-pyrrole nitrogens is 1. The van der Waals surface area contributed by atoms with Crippen LogP contribution in [-0.2, 0) is 4.79 Å². The van der Waals surface area contributed by atoms with E-state index in [2.05, 4.69) is 20.3 Å². The standard InChI is InChI=1S/C18H18N6OS/c19-5-3-16(25)24-7-1-2-12(9-24)23-17-13-4-6-20-18(13)21-8-14(17)15-10-26-11-22-15/h4,6,8,10-12H,1-3,7,9H2,(H2,20,21,23)/t12-/m1/s1. The Bertz CT molecular complexity index is 958. The van der Waals surface area contributed by atoms with Crippen LogP contribution in [0.15, 0.2) is 29.4 Å². The van der Waals surface area contributed by atoms with Crippen LogP contribution in [0.1, 0.15) is 19.3 Å². The molecule has 1 atom stereocenters. The summed E-state index contributed by atoms with van der Waals surface area (Å²) in [5, 5.41) is 15.4. The van der Waals surface area contributed by atoms with E-state index in [1.165, 1.54) is 0 Å². The topological polar surface area (TPSA) is 97.7 Å². The van der Waals surface area contributed by atoms with Crippen LogP contribution in [0.3, 0.4) is 0 Å². The number of pyridine rings is 1. The Morgan fingerprint density at radius 1 is 1.50 bits per heavy atom. The molecule has 1 amide bonds. The number of aromatic nitrogens is 3. The monoisotopic (exact) mass is 366 g/mol. The molecule has 0 saturated carbocycles. The second-order valence-corrected chi connectivity index (χ2v) is 7.04. The van der Waals surface area contributed by atoms with Crippen LogP contribution in [0, 0.1) is 11.3 Å². The molecule has 1 aliphatic heterocycles. The predicted octanol–water partition coefficient (Wildman–Crippen LogP) is 3.00. The zero-order valence-corrected chi connectivity index (χ0v) is 14.9. The van der Waals surface area contributed by atoms with Gasteiger partial charge in [0.1, 0.15) is 12.1 Å². The molecule has 0 unspecified atom stereocenters.